The Labute approximate surface area is 128 Å². The topological polar surface area (TPSA) is 0 Å². The molecule has 0 aromatic heterocycles. The minimum Gasteiger partial charge on any atom is -0.0988 e. The molecule has 1 atom stereocenters. The van der Waals surface area contributed by atoms with E-state index in [1.54, 1.807) is 0 Å². The second-order valence-corrected chi connectivity index (χ2v) is 7.97. The molecule has 18 heavy (non-hydrogen) atoms. The van der Waals surface area contributed by atoms with Crippen LogP contribution in [0.5, 0.6) is 0 Å². The first kappa shape index (κ1) is 17.9. The van der Waals surface area contributed by atoms with E-state index in [4.69, 9.17) is 0 Å². The molecule has 0 amide bonds. The lowest BCUT2D eigenvalue weighted by molar-refractivity contribution is 0.275. The molecule has 0 aliphatic heterocycles. The van der Waals surface area contributed by atoms with E-state index < -0.39 is 0 Å². The zero-order valence-electron chi connectivity index (χ0n) is 13.1. The predicted molar refractivity (Wildman–Crippen MR) is 93.1 cm³/mol. The highest BCUT2D eigenvalue weighted by atomic mass is 127. The second-order valence-electron chi connectivity index (χ2n) is 6.81. The number of halogens is 1. The van der Waals surface area contributed by atoms with E-state index in [0.717, 1.165) is 0 Å². The monoisotopic (exact) mass is 360 g/mol. The molecule has 0 nitrogen and oxygen atoms in total. The first-order valence-corrected chi connectivity index (χ1v) is 7.83. The van der Waals surface area contributed by atoms with Crippen LogP contribution < -0.4 is 0 Å². The highest BCUT2D eigenvalue weighted by molar-refractivity contribution is 14.1. The Morgan fingerprint density at radius 3 is 2.00 bits per heavy atom. The normalized spacial score (nSPS) is 14.6. The SMILES string of the molecule is C=C/C(=C\C(I)=C(C)C)C(CC(C)(C)C)C(C)C. The van der Waals surface area contributed by atoms with Crippen molar-refractivity contribution in [2.45, 2.75) is 54.9 Å². The molecule has 0 spiro atoms. The van der Waals surface area contributed by atoms with E-state index in [0.29, 0.717) is 17.3 Å². The van der Waals surface area contributed by atoms with Crippen LogP contribution in [-0.2, 0) is 0 Å². The van der Waals surface area contributed by atoms with E-state index in [1.807, 2.05) is 6.08 Å². The Balaban J connectivity index is 5.32. The maximum absolute atomic E-state index is 4.01. The third kappa shape index (κ3) is 6.77. The van der Waals surface area contributed by atoms with Crippen molar-refractivity contribution >= 4 is 22.6 Å². The Bertz CT molecular complexity index is 333. The van der Waals surface area contributed by atoms with Crippen LogP contribution in [-0.4, -0.2) is 0 Å². The van der Waals surface area contributed by atoms with E-state index >= 15 is 0 Å². The van der Waals surface area contributed by atoms with Gasteiger partial charge in [-0.1, -0.05) is 52.8 Å². The minimum atomic E-state index is 0.355. The van der Waals surface area contributed by atoms with E-state index in [-0.39, 0.29) is 0 Å². The van der Waals surface area contributed by atoms with Crippen molar-refractivity contribution in [1.82, 2.24) is 0 Å². The molecule has 0 heterocycles. The van der Waals surface area contributed by atoms with Crippen molar-refractivity contribution in [2.24, 2.45) is 17.3 Å². The highest BCUT2D eigenvalue weighted by Gasteiger charge is 2.23. The first-order valence-electron chi connectivity index (χ1n) is 6.75. The quantitative estimate of drug-likeness (QED) is 0.386. The van der Waals surface area contributed by atoms with Gasteiger partial charge in [0.15, 0.2) is 0 Å². The Morgan fingerprint density at radius 2 is 1.72 bits per heavy atom. The van der Waals surface area contributed by atoms with Gasteiger partial charge in [-0.2, -0.15) is 0 Å². The lowest BCUT2D eigenvalue weighted by Crippen LogP contribution is -2.19. The molecular weight excluding hydrogens is 331 g/mol. The van der Waals surface area contributed by atoms with Gasteiger partial charge in [0, 0.05) is 3.58 Å². The molecule has 0 aliphatic carbocycles. The summed E-state index contributed by atoms with van der Waals surface area (Å²) >= 11 is 2.42. The van der Waals surface area contributed by atoms with E-state index in [2.05, 4.69) is 83.7 Å². The zero-order valence-corrected chi connectivity index (χ0v) is 15.3. The third-order valence-corrected chi connectivity index (χ3v) is 4.46. The van der Waals surface area contributed by atoms with E-state index in [9.17, 15) is 0 Å². The molecule has 0 aromatic carbocycles. The molecule has 0 saturated heterocycles. The fourth-order valence-corrected chi connectivity index (χ4v) is 2.37. The predicted octanol–water partition coefficient (Wildman–Crippen LogP) is 6.54. The number of rotatable bonds is 5. The van der Waals surface area contributed by atoms with Crippen LogP contribution in [0.15, 0.2) is 33.5 Å². The van der Waals surface area contributed by atoms with Gasteiger partial charge in [0.05, 0.1) is 0 Å². The summed E-state index contributed by atoms with van der Waals surface area (Å²) in [6, 6.07) is 0. The molecule has 0 radical (unpaired) electrons. The molecule has 0 aliphatic rings. The maximum Gasteiger partial charge on any atom is 0.0119 e. The lowest BCUT2D eigenvalue weighted by Gasteiger charge is -2.30. The standard InChI is InChI=1S/C17H29I/c1-9-14(10-16(18)13(4)5)15(12(2)3)11-17(6,7)8/h9-10,12,15H,1,11H2,2-8H3/b14-10+. The molecule has 0 saturated carbocycles. The van der Waals surface area contributed by atoms with Gasteiger partial charge in [0.2, 0.25) is 0 Å². The van der Waals surface area contributed by atoms with Gasteiger partial charge < -0.3 is 0 Å². The molecule has 104 valence electrons. The van der Waals surface area contributed by atoms with Crippen molar-refractivity contribution in [2.75, 3.05) is 0 Å². The van der Waals surface area contributed by atoms with Crippen molar-refractivity contribution in [1.29, 1.82) is 0 Å². The fraction of sp³-hybridized carbons (Fsp3) is 0.647. The molecule has 0 aromatic rings. The number of hydrogen-bond acceptors (Lipinski definition) is 0. The summed E-state index contributed by atoms with van der Waals surface area (Å²) in [5.74, 6) is 1.24. The van der Waals surface area contributed by atoms with Crippen LogP contribution >= 0.6 is 22.6 Å². The van der Waals surface area contributed by atoms with E-state index in [1.165, 1.54) is 21.1 Å². The number of hydrogen-bond donors (Lipinski definition) is 0. The van der Waals surface area contributed by atoms with Crippen LogP contribution in [0.2, 0.25) is 0 Å². The van der Waals surface area contributed by atoms with Gasteiger partial charge in [-0.05, 0) is 71.8 Å². The van der Waals surface area contributed by atoms with Crippen LogP contribution in [0.3, 0.4) is 0 Å². The van der Waals surface area contributed by atoms with Crippen LogP contribution in [0.25, 0.3) is 0 Å². The average Bonchev–Trinajstić information content (AvgIpc) is 2.20. The Hall–Kier alpha value is -0.0500. The molecular formula is C17H29I. The largest absolute Gasteiger partial charge is 0.0988 e. The van der Waals surface area contributed by atoms with Crippen LogP contribution in [0.4, 0.5) is 0 Å². The molecule has 1 heteroatoms. The molecule has 0 rings (SSSR count). The lowest BCUT2D eigenvalue weighted by atomic mass is 9.76. The summed E-state index contributed by atoms with van der Waals surface area (Å²) in [6.07, 6.45) is 5.55. The second kappa shape index (κ2) is 7.52. The van der Waals surface area contributed by atoms with Crippen molar-refractivity contribution in [3.63, 3.8) is 0 Å². The van der Waals surface area contributed by atoms with Gasteiger partial charge >= 0.3 is 0 Å². The van der Waals surface area contributed by atoms with Gasteiger partial charge in [0.1, 0.15) is 0 Å². The smallest absolute Gasteiger partial charge is 0.0119 e. The first-order chi connectivity index (χ1) is 8.08. The summed E-state index contributed by atoms with van der Waals surface area (Å²) in [6.45, 7) is 19.9. The summed E-state index contributed by atoms with van der Waals surface area (Å²) < 4.78 is 1.34. The molecule has 0 N–H and O–H groups in total. The molecule has 1 unspecified atom stereocenters. The fourth-order valence-electron chi connectivity index (χ4n) is 2.01. The Morgan fingerprint density at radius 1 is 1.22 bits per heavy atom. The highest BCUT2D eigenvalue weighted by Crippen LogP contribution is 2.35. The molecule has 0 bridgehead atoms. The van der Waals surface area contributed by atoms with Crippen molar-refractivity contribution in [3.05, 3.63) is 33.5 Å². The number of allylic oxidation sites excluding steroid dienone is 5. The van der Waals surface area contributed by atoms with Gasteiger partial charge in [0.25, 0.3) is 0 Å². The van der Waals surface area contributed by atoms with Gasteiger partial charge in [-0.25, -0.2) is 0 Å². The average molecular weight is 360 g/mol. The van der Waals surface area contributed by atoms with Gasteiger partial charge in [-0.3, -0.25) is 0 Å². The van der Waals surface area contributed by atoms with Crippen LogP contribution in [0.1, 0.15) is 54.9 Å². The Kier molecular flexibility index (Phi) is 7.50. The maximum atomic E-state index is 4.01. The zero-order chi connectivity index (χ0) is 14.5. The van der Waals surface area contributed by atoms with Crippen LogP contribution in [0, 0.1) is 17.3 Å². The summed E-state index contributed by atoms with van der Waals surface area (Å²) in [7, 11) is 0. The summed E-state index contributed by atoms with van der Waals surface area (Å²) in [5, 5.41) is 0. The van der Waals surface area contributed by atoms with Crippen molar-refractivity contribution in [3.8, 4) is 0 Å². The van der Waals surface area contributed by atoms with Crippen molar-refractivity contribution < 1.29 is 0 Å². The minimum absolute atomic E-state index is 0.355. The summed E-state index contributed by atoms with van der Waals surface area (Å²) in [5.41, 5.74) is 3.10. The summed E-state index contributed by atoms with van der Waals surface area (Å²) in [4.78, 5) is 0. The third-order valence-electron chi connectivity index (χ3n) is 3.07. The van der Waals surface area contributed by atoms with Gasteiger partial charge in [-0.15, -0.1) is 0 Å². The molecule has 0 fully saturated rings.